The molecule has 2 N–H and O–H groups in total. The fourth-order valence-corrected chi connectivity index (χ4v) is 2.99. The number of pyridine rings is 1. The first kappa shape index (κ1) is 18.6. The number of benzene rings is 1. The average Bonchev–Trinajstić information content (AvgIpc) is 3.28. The third kappa shape index (κ3) is 4.24. The van der Waals surface area contributed by atoms with Crippen LogP contribution in [0.4, 0.5) is 5.82 Å². The quantitative estimate of drug-likeness (QED) is 0.531. The Labute approximate surface area is 168 Å². The van der Waals surface area contributed by atoms with E-state index in [-0.39, 0.29) is 5.56 Å². The predicted molar refractivity (Wildman–Crippen MR) is 113 cm³/mol. The predicted octanol–water partition coefficient (Wildman–Crippen LogP) is 3.29. The van der Waals surface area contributed by atoms with Crippen LogP contribution in [0, 0.1) is 13.8 Å². The Morgan fingerprint density at radius 1 is 1.10 bits per heavy atom. The second-order valence-corrected chi connectivity index (χ2v) is 6.85. The van der Waals surface area contributed by atoms with Gasteiger partial charge < -0.3 is 10.3 Å². The van der Waals surface area contributed by atoms with Crippen LogP contribution in [-0.4, -0.2) is 31.3 Å². The van der Waals surface area contributed by atoms with E-state index < -0.39 is 0 Å². The summed E-state index contributed by atoms with van der Waals surface area (Å²) in [6, 6.07) is 14.0. The summed E-state index contributed by atoms with van der Waals surface area (Å²) in [5, 5.41) is 7.56. The highest BCUT2D eigenvalue weighted by Gasteiger charge is 2.06. The van der Waals surface area contributed by atoms with E-state index in [2.05, 4.69) is 49.6 Å². The van der Waals surface area contributed by atoms with E-state index in [1.807, 2.05) is 36.0 Å². The van der Waals surface area contributed by atoms with E-state index in [0.717, 1.165) is 35.7 Å². The summed E-state index contributed by atoms with van der Waals surface area (Å²) in [4.78, 5) is 23.6. The maximum Gasteiger partial charge on any atom is 0.254 e. The van der Waals surface area contributed by atoms with Gasteiger partial charge in [-0.2, -0.15) is 5.10 Å². The standard InChI is InChI=1S/C22H22N6O/c1-15-16(2)26-21(27-22(15)29)18-6-9-20(24-14-18)23-12-10-17-4-7-19(8-5-17)28-13-3-11-25-28/h3-9,11,13-14H,10,12H2,1-2H3,(H,23,24)(H,26,27,29). The molecule has 7 heteroatoms. The van der Waals surface area contributed by atoms with Crippen LogP contribution in [0.5, 0.6) is 0 Å². The topological polar surface area (TPSA) is 88.5 Å². The number of anilines is 1. The van der Waals surface area contributed by atoms with Gasteiger partial charge >= 0.3 is 0 Å². The summed E-state index contributed by atoms with van der Waals surface area (Å²) in [6.45, 7) is 4.37. The average molecular weight is 386 g/mol. The Morgan fingerprint density at radius 2 is 1.93 bits per heavy atom. The summed E-state index contributed by atoms with van der Waals surface area (Å²) < 4.78 is 1.84. The lowest BCUT2D eigenvalue weighted by atomic mass is 10.1. The molecular formula is C22H22N6O. The number of aromatic nitrogens is 5. The molecule has 0 aliphatic rings. The molecule has 7 nitrogen and oxygen atoms in total. The molecule has 0 radical (unpaired) electrons. The SMILES string of the molecule is Cc1nc(-c2ccc(NCCc3ccc(-n4cccn4)cc3)nc2)[nH]c(=O)c1C. The van der Waals surface area contributed by atoms with Crippen LogP contribution in [0.3, 0.4) is 0 Å². The van der Waals surface area contributed by atoms with Crippen molar-refractivity contribution in [3.63, 3.8) is 0 Å². The highest BCUT2D eigenvalue weighted by Crippen LogP contribution is 2.16. The lowest BCUT2D eigenvalue weighted by molar-refractivity contribution is 0.878. The van der Waals surface area contributed by atoms with Gasteiger partial charge in [-0.3, -0.25) is 4.79 Å². The van der Waals surface area contributed by atoms with Crippen LogP contribution < -0.4 is 10.9 Å². The summed E-state index contributed by atoms with van der Waals surface area (Å²) in [7, 11) is 0. The molecule has 0 saturated carbocycles. The molecule has 3 heterocycles. The first-order valence-electron chi connectivity index (χ1n) is 9.47. The first-order valence-corrected chi connectivity index (χ1v) is 9.47. The van der Waals surface area contributed by atoms with E-state index >= 15 is 0 Å². The van der Waals surface area contributed by atoms with Gasteiger partial charge in [0.15, 0.2) is 0 Å². The molecule has 0 unspecified atom stereocenters. The van der Waals surface area contributed by atoms with Gasteiger partial charge in [0, 0.05) is 42.0 Å². The van der Waals surface area contributed by atoms with Gasteiger partial charge in [-0.1, -0.05) is 12.1 Å². The third-order valence-electron chi connectivity index (χ3n) is 4.86. The van der Waals surface area contributed by atoms with E-state index in [0.29, 0.717) is 11.4 Å². The molecule has 0 fully saturated rings. The van der Waals surface area contributed by atoms with Crippen molar-refractivity contribution in [2.24, 2.45) is 0 Å². The van der Waals surface area contributed by atoms with Crippen LogP contribution in [0.15, 0.2) is 65.8 Å². The number of aromatic amines is 1. The molecule has 29 heavy (non-hydrogen) atoms. The smallest absolute Gasteiger partial charge is 0.254 e. The summed E-state index contributed by atoms with van der Waals surface area (Å²) in [5.41, 5.74) is 4.31. The molecule has 146 valence electrons. The van der Waals surface area contributed by atoms with Gasteiger partial charge in [0.2, 0.25) is 0 Å². The van der Waals surface area contributed by atoms with Crippen molar-refractivity contribution < 1.29 is 0 Å². The Morgan fingerprint density at radius 3 is 2.59 bits per heavy atom. The highest BCUT2D eigenvalue weighted by atomic mass is 16.1. The highest BCUT2D eigenvalue weighted by molar-refractivity contribution is 5.56. The molecule has 0 spiro atoms. The number of nitrogens with zero attached hydrogens (tertiary/aromatic N) is 4. The fraction of sp³-hybridized carbons (Fsp3) is 0.182. The van der Waals surface area contributed by atoms with Gasteiger partial charge in [-0.25, -0.2) is 14.6 Å². The van der Waals surface area contributed by atoms with Crippen molar-refractivity contribution in [2.75, 3.05) is 11.9 Å². The maximum atomic E-state index is 11.9. The van der Waals surface area contributed by atoms with E-state index in [1.54, 1.807) is 19.3 Å². The van der Waals surface area contributed by atoms with Gasteiger partial charge in [0.1, 0.15) is 11.6 Å². The molecule has 1 aromatic carbocycles. The zero-order chi connectivity index (χ0) is 20.2. The van der Waals surface area contributed by atoms with E-state index in [1.165, 1.54) is 5.56 Å². The third-order valence-corrected chi connectivity index (χ3v) is 4.86. The van der Waals surface area contributed by atoms with Crippen molar-refractivity contribution in [3.05, 3.63) is 88.2 Å². The van der Waals surface area contributed by atoms with Gasteiger partial charge in [0.05, 0.1) is 5.69 Å². The summed E-state index contributed by atoms with van der Waals surface area (Å²) in [5.74, 6) is 1.32. The van der Waals surface area contributed by atoms with Crippen molar-refractivity contribution in [3.8, 4) is 17.1 Å². The zero-order valence-corrected chi connectivity index (χ0v) is 16.4. The van der Waals surface area contributed by atoms with Crippen molar-refractivity contribution in [2.45, 2.75) is 20.3 Å². The number of hydrogen-bond acceptors (Lipinski definition) is 5. The molecule has 4 aromatic rings. The van der Waals surface area contributed by atoms with Crippen molar-refractivity contribution >= 4 is 5.82 Å². The van der Waals surface area contributed by atoms with Crippen molar-refractivity contribution in [1.82, 2.24) is 24.7 Å². The Bertz CT molecular complexity index is 1150. The van der Waals surface area contributed by atoms with Crippen molar-refractivity contribution in [1.29, 1.82) is 0 Å². The van der Waals surface area contributed by atoms with E-state index in [4.69, 9.17) is 0 Å². The van der Waals surface area contributed by atoms with E-state index in [9.17, 15) is 4.79 Å². The molecule has 0 aliphatic heterocycles. The molecule has 0 atom stereocenters. The summed E-state index contributed by atoms with van der Waals surface area (Å²) in [6.07, 6.45) is 6.29. The first-order chi connectivity index (χ1) is 14.1. The number of rotatable bonds is 6. The number of aryl methyl sites for hydroxylation is 1. The molecule has 0 saturated heterocycles. The minimum absolute atomic E-state index is 0.117. The molecule has 3 aromatic heterocycles. The number of nitrogens with one attached hydrogen (secondary N) is 2. The number of hydrogen-bond donors (Lipinski definition) is 2. The van der Waals surface area contributed by atoms with Gasteiger partial charge in [-0.15, -0.1) is 0 Å². The zero-order valence-electron chi connectivity index (χ0n) is 16.4. The largest absolute Gasteiger partial charge is 0.370 e. The fourth-order valence-electron chi connectivity index (χ4n) is 2.99. The van der Waals surface area contributed by atoms with Crippen LogP contribution in [0.1, 0.15) is 16.8 Å². The van der Waals surface area contributed by atoms with Crippen LogP contribution in [-0.2, 0) is 6.42 Å². The summed E-state index contributed by atoms with van der Waals surface area (Å²) >= 11 is 0. The van der Waals surface area contributed by atoms with Gasteiger partial charge in [0.25, 0.3) is 5.56 Å². The van der Waals surface area contributed by atoms with Crippen LogP contribution in [0.2, 0.25) is 0 Å². The Kier molecular flexibility index (Phi) is 5.20. The van der Waals surface area contributed by atoms with Gasteiger partial charge in [-0.05, 0) is 56.2 Å². The molecular weight excluding hydrogens is 364 g/mol. The minimum atomic E-state index is -0.117. The number of H-pyrrole nitrogens is 1. The second kappa shape index (κ2) is 8.10. The Hall–Kier alpha value is -3.74. The second-order valence-electron chi connectivity index (χ2n) is 6.85. The minimum Gasteiger partial charge on any atom is -0.370 e. The monoisotopic (exact) mass is 386 g/mol. The Balaban J connectivity index is 1.35. The lowest BCUT2D eigenvalue weighted by Gasteiger charge is -2.08. The van der Waals surface area contributed by atoms with Crippen LogP contribution >= 0.6 is 0 Å². The molecule has 0 amide bonds. The lowest BCUT2D eigenvalue weighted by Crippen LogP contribution is -2.14. The maximum absolute atomic E-state index is 11.9. The molecule has 0 aliphatic carbocycles. The molecule has 4 rings (SSSR count). The molecule has 0 bridgehead atoms. The normalized spacial score (nSPS) is 10.8. The van der Waals surface area contributed by atoms with Crippen LogP contribution in [0.25, 0.3) is 17.1 Å².